The average Bonchev–Trinajstić information content (AvgIpc) is 3.11. The number of nitrogens with one attached hydrogen (secondary N) is 2. The Balaban J connectivity index is 1.67. The first-order valence-electron chi connectivity index (χ1n) is 11.6. The molecular formula is C26H35N3O4. The number of methoxy groups -OCH3 is 2. The lowest BCUT2D eigenvalue weighted by Gasteiger charge is -2.24. The third kappa shape index (κ3) is 6.63. The van der Waals surface area contributed by atoms with Crippen molar-refractivity contribution in [3.05, 3.63) is 48.0 Å². The van der Waals surface area contributed by atoms with Crippen molar-refractivity contribution in [1.82, 2.24) is 5.32 Å². The third-order valence-corrected chi connectivity index (χ3v) is 5.96. The summed E-state index contributed by atoms with van der Waals surface area (Å²) in [6.07, 6.45) is 5.01. The van der Waals surface area contributed by atoms with Crippen LogP contribution in [0.25, 0.3) is 0 Å². The monoisotopic (exact) mass is 453 g/mol. The number of carbonyl (C=O) groups excluding carboxylic acids is 2. The van der Waals surface area contributed by atoms with Crippen LogP contribution in [0.15, 0.2) is 42.5 Å². The summed E-state index contributed by atoms with van der Waals surface area (Å²) in [7, 11) is 3.05. The highest BCUT2D eigenvalue weighted by Gasteiger charge is 2.25. The number of anilines is 2. The molecule has 1 aliphatic rings. The lowest BCUT2D eigenvalue weighted by atomic mass is 10.0. The first-order chi connectivity index (χ1) is 15.9. The summed E-state index contributed by atoms with van der Waals surface area (Å²) >= 11 is 0. The summed E-state index contributed by atoms with van der Waals surface area (Å²) in [6.45, 7) is 5.95. The van der Waals surface area contributed by atoms with Crippen LogP contribution in [0.4, 0.5) is 11.4 Å². The van der Waals surface area contributed by atoms with Crippen molar-refractivity contribution in [3.63, 3.8) is 0 Å². The molecule has 7 heteroatoms. The zero-order valence-corrected chi connectivity index (χ0v) is 20.0. The molecule has 7 nitrogen and oxygen atoms in total. The molecule has 0 aliphatic carbocycles. The maximum atomic E-state index is 13.0. The van der Waals surface area contributed by atoms with E-state index < -0.39 is 6.04 Å². The molecular weight excluding hydrogens is 418 g/mol. The number of hydrogen-bond donors (Lipinski definition) is 2. The minimum absolute atomic E-state index is 0.0992. The summed E-state index contributed by atoms with van der Waals surface area (Å²) < 4.78 is 10.5. The molecule has 0 aromatic heterocycles. The molecule has 1 saturated heterocycles. The molecule has 1 unspecified atom stereocenters. The summed E-state index contributed by atoms with van der Waals surface area (Å²) in [5, 5.41) is 5.80. The highest BCUT2D eigenvalue weighted by molar-refractivity contribution is 6.01. The van der Waals surface area contributed by atoms with Crippen LogP contribution in [0.1, 0.15) is 49.9 Å². The fourth-order valence-electron chi connectivity index (χ4n) is 4.00. The van der Waals surface area contributed by atoms with Gasteiger partial charge in [-0.15, -0.1) is 0 Å². The summed E-state index contributed by atoms with van der Waals surface area (Å²) in [4.78, 5) is 28.3. The van der Waals surface area contributed by atoms with Crippen molar-refractivity contribution in [3.8, 4) is 11.5 Å². The van der Waals surface area contributed by atoms with Gasteiger partial charge in [-0.3, -0.25) is 9.59 Å². The fourth-order valence-corrected chi connectivity index (χ4v) is 4.00. The quantitative estimate of drug-likeness (QED) is 0.616. The lowest BCUT2D eigenvalue weighted by Crippen LogP contribution is -2.47. The Kier molecular flexibility index (Phi) is 8.58. The topological polar surface area (TPSA) is 79.9 Å². The molecule has 2 aromatic rings. The summed E-state index contributed by atoms with van der Waals surface area (Å²) in [6, 6.07) is 12.2. The Labute approximate surface area is 196 Å². The van der Waals surface area contributed by atoms with Crippen molar-refractivity contribution in [2.75, 3.05) is 37.5 Å². The number of hydrogen-bond acceptors (Lipinski definition) is 5. The second-order valence-electron chi connectivity index (χ2n) is 8.73. The molecule has 178 valence electrons. The van der Waals surface area contributed by atoms with E-state index in [4.69, 9.17) is 9.47 Å². The van der Waals surface area contributed by atoms with Crippen LogP contribution in [-0.2, 0) is 4.79 Å². The Morgan fingerprint density at radius 2 is 1.45 bits per heavy atom. The number of amides is 2. The van der Waals surface area contributed by atoms with Crippen molar-refractivity contribution < 1.29 is 19.1 Å². The van der Waals surface area contributed by atoms with Gasteiger partial charge >= 0.3 is 0 Å². The van der Waals surface area contributed by atoms with Crippen LogP contribution in [-0.4, -0.2) is 45.2 Å². The molecule has 0 bridgehead atoms. The smallest absolute Gasteiger partial charge is 0.252 e. The minimum Gasteiger partial charge on any atom is -0.497 e. The van der Waals surface area contributed by atoms with Crippen LogP contribution in [0, 0.1) is 5.92 Å². The zero-order valence-electron chi connectivity index (χ0n) is 20.0. The minimum atomic E-state index is -0.694. The maximum absolute atomic E-state index is 13.0. The molecule has 2 aromatic carbocycles. The van der Waals surface area contributed by atoms with Crippen molar-refractivity contribution >= 4 is 23.2 Å². The molecule has 1 heterocycles. The van der Waals surface area contributed by atoms with Crippen LogP contribution < -0.4 is 25.0 Å². The van der Waals surface area contributed by atoms with E-state index in [9.17, 15) is 9.59 Å². The second kappa shape index (κ2) is 11.6. The molecule has 0 spiro atoms. The van der Waals surface area contributed by atoms with Crippen LogP contribution >= 0.6 is 0 Å². The molecule has 1 aliphatic heterocycles. The molecule has 0 radical (unpaired) electrons. The van der Waals surface area contributed by atoms with Crippen LogP contribution in [0.5, 0.6) is 11.5 Å². The van der Waals surface area contributed by atoms with Crippen molar-refractivity contribution in [1.29, 1.82) is 0 Å². The number of ether oxygens (including phenoxy) is 2. The Hall–Kier alpha value is -3.22. The lowest BCUT2D eigenvalue weighted by molar-refractivity contribution is -0.118. The maximum Gasteiger partial charge on any atom is 0.252 e. The average molecular weight is 454 g/mol. The Bertz CT molecular complexity index is 913. The van der Waals surface area contributed by atoms with Crippen molar-refractivity contribution in [2.45, 2.75) is 45.6 Å². The first-order valence-corrected chi connectivity index (χ1v) is 11.6. The number of carbonyl (C=O) groups is 2. The summed E-state index contributed by atoms with van der Waals surface area (Å²) in [5.74, 6) is 0.301. The van der Waals surface area contributed by atoms with E-state index in [1.165, 1.54) is 45.6 Å². The van der Waals surface area contributed by atoms with Gasteiger partial charge in [0.2, 0.25) is 5.91 Å². The zero-order chi connectivity index (χ0) is 23.8. The molecule has 2 amide bonds. The fraction of sp³-hybridized carbons (Fsp3) is 0.462. The Morgan fingerprint density at radius 1 is 0.879 bits per heavy atom. The standard InChI is InChI=1S/C26H35N3O4/c1-18(2)24(28-25(30)19-15-22(32-3)17-23(16-19)33-4)26(31)27-20-9-11-21(12-10-20)29-13-7-5-6-8-14-29/h9-12,15-18,24H,5-8,13-14H2,1-4H3,(H,27,31)(H,28,30). The Morgan fingerprint density at radius 3 is 1.97 bits per heavy atom. The molecule has 0 saturated carbocycles. The van der Waals surface area contributed by atoms with Gasteiger partial charge in [-0.25, -0.2) is 0 Å². The van der Waals surface area contributed by atoms with Gasteiger partial charge in [0.1, 0.15) is 17.5 Å². The van der Waals surface area contributed by atoms with E-state index in [1.54, 1.807) is 18.2 Å². The molecule has 3 rings (SSSR count). The highest BCUT2D eigenvalue weighted by Crippen LogP contribution is 2.24. The van der Waals surface area contributed by atoms with Gasteiger partial charge in [-0.1, -0.05) is 26.7 Å². The van der Waals surface area contributed by atoms with Crippen LogP contribution in [0.3, 0.4) is 0 Å². The van der Waals surface area contributed by atoms with Crippen molar-refractivity contribution in [2.24, 2.45) is 5.92 Å². The van der Waals surface area contributed by atoms with Gasteiger partial charge in [-0.05, 0) is 55.2 Å². The van der Waals surface area contributed by atoms with Gasteiger partial charge < -0.3 is 25.0 Å². The summed E-state index contributed by atoms with van der Waals surface area (Å²) in [5.41, 5.74) is 2.25. The third-order valence-electron chi connectivity index (χ3n) is 5.96. The normalized spacial score (nSPS) is 14.9. The van der Waals surface area contributed by atoms with Gasteiger partial charge in [0.15, 0.2) is 0 Å². The molecule has 1 fully saturated rings. The SMILES string of the molecule is COc1cc(OC)cc(C(=O)NC(C(=O)Nc2ccc(N3CCCCCC3)cc2)C(C)C)c1. The molecule has 33 heavy (non-hydrogen) atoms. The van der Waals surface area contributed by atoms with E-state index in [2.05, 4.69) is 15.5 Å². The van der Waals surface area contributed by atoms with Gasteiger partial charge in [0.05, 0.1) is 14.2 Å². The van der Waals surface area contributed by atoms with E-state index in [1.807, 2.05) is 38.1 Å². The van der Waals surface area contributed by atoms with E-state index in [0.29, 0.717) is 22.7 Å². The number of benzene rings is 2. The second-order valence-corrected chi connectivity index (χ2v) is 8.73. The van der Waals surface area contributed by atoms with Gasteiger partial charge in [0.25, 0.3) is 5.91 Å². The first kappa shape index (κ1) is 24.4. The number of rotatable bonds is 8. The largest absolute Gasteiger partial charge is 0.497 e. The van der Waals surface area contributed by atoms with E-state index >= 15 is 0 Å². The van der Waals surface area contributed by atoms with Gasteiger partial charge in [-0.2, -0.15) is 0 Å². The number of nitrogens with zero attached hydrogens (tertiary/aromatic N) is 1. The molecule has 1 atom stereocenters. The predicted octanol–water partition coefficient (Wildman–Crippen LogP) is 4.48. The predicted molar refractivity (Wildman–Crippen MR) is 131 cm³/mol. The van der Waals surface area contributed by atoms with E-state index in [0.717, 1.165) is 13.1 Å². The van der Waals surface area contributed by atoms with Crippen LogP contribution in [0.2, 0.25) is 0 Å². The highest BCUT2D eigenvalue weighted by atomic mass is 16.5. The molecule has 2 N–H and O–H groups in total. The van der Waals surface area contributed by atoms with Gasteiger partial charge in [0, 0.05) is 36.1 Å². The van der Waals surface area contributed by atoms with E-state index in [-0.39, 0.29) is 17.7 Å².